The SMILES string of the molecule is CC(C)[C@H](NC(=O)[C@H](Cc1ccc(O)cc1)NC(=O)[C@H](CS)NC(=O)[C@H](CCC(=O)O)NC(=O)[C@H](Cc1c[nH]c2ccccc12)NC(=O)[C@H](CCC(=O)O)NC(=O)[C@H](CCC(=O)O)NC(=O)[C@H](CS)NC(=O)[C@H](Cc1ccc(O)cc1)NC(=O)[C@H](C)NC(=O)[C@@H](NC(=O)[C@@H](N)CS)C(C)C)C(=O)N[C@@H](CS)C(=O)O. The lowest BCUT2D eigenvalue weighted by molar-refractivity contribution is -0.142. The van der Waals surface area contributed by atoms with E-state index in [1.807, 2.05) is 0 Å². The Kier molecular flexibility index (Phi) is 37.5. The van der Waals surface area contributed by atoms with E-state index in [0.717, 1.165) is 0 Å². The summed E-state index contributed by atoms with van der Waals surface area (Å²) in [6.45, 7) is 7.61. The molecule has 1 aromatic heterocycles. The average molecular weight is 1600 g/mol. The smallest absolute Gasteiger partial charge is 0.327 e. The van der Waals surface area contributed by atoms with Gasteiger partial charge in [-0.1, -0.05) is 70.2 Å². The van der Waals surface area contributed by atoms with Crippen molar-refractivity contribution in [2.45, 2.75) is 171 Å². The van der Waals surface area contributed by atoms with Crippen molar-refractivity contribution in [3.63, 3.8) is 0 Å². The largest absolute Gasteiger partial charge is 0.508 e. The van der Waals surface area contributed by atoms with Crippen LogP contribution in [0.15, 0.2) is 79.0 Å². The van der Waals surface area contributed by atoms with Crippen LogP contribution in [0.4, 0.5) is 0 Å². The summed E-state index contributed by atoms with van der Waals surface area (Å²) in [4.78, 5) is 220. The number of aromatic nitrogens is 1. The van der Waals surface area contributed by atoms with Crippen LogP contribution in [-0.2, 0) is 96.0 Å². The number of nitrogens with two attached hydrogens (primary N) is 1. The molecule has 1 heterocycles. The summed E-state index contributed by atoms with van der Waals surface area (Å²) in [5.41, 5.74) is 7.39. The number of phenolic OH excluding ortho intramolecular Hbond substituents is 2. The van der Waals surface area contributed by atoms with Crippen molar-refractivity contribution in [1.82, 2.24) is 68.8 Å². The molecule has 109 heavy (non-hydrogen) atoms. The fourth-order valence-corrected chi connectivity index (χ4v) is 11.5. The van der Waals surface area contributed by atoms with Crippen LogP contribution < -0.4 is 69.5 Å². The van der Waals surface area contributed by atoms with Crippen LogP contribution in [0, 0.1) is 11.8 Å². The van der Waals surface area contributed by atoms with Crippen molar-refractivity contribution >= 4 is 156 Å². The van der Waals surface area contributed by atoms with E-state index in [1.165, 1.54) is 61.7 Å². The predicted molar refractivity (Wildman–Crippen MR) is 406 cm³/mol. The zero-order valence-corrected chi connectivity index (χ0v) is 63.5. The summed E-state index contributed by atoms with van der Waals surface area (Å²) >= 11 is 16.5. The molecule has 0 fully saturated rings. The maximum atomic E-state index is 14.9. The lowest BCUT2D eigenvalue weighted by atomic mass is 10.0. The van der Waals surface area contributed by atoms with Crippen LogP contribution in [0.3, 0.4) is 0 Å². The Morgan fingerprint density at radius 1 is 0.367 bits per heavy atom. The van der Waals surface area contributed by atoms with Gasteiger partial charge in [-0.05, 0) is 85.0 Å². The molecule has 36 nitrogen and oxygen atoms in total. The first-order valence-electron chi connectivity index (χ1n) is 34.2. The van der Waals surface area contributed by atoms with E-state index in [-0.39, 0.29) is 35.8 Å². The zero-order valence-electron chi connectivity index (χ0n) is 59.9. The Bertz CT molecular complexity index is 3890. The molecule has 21 N–H and O–H groups in total. The number of hydrogen-bond acceptors (Lipinski definition) is 23. The molecule has 12 amide bonds. The normalized spacial score (nSPS) is 14.8. The molecule has 0 bridgehead atoms. The second kappa shape index (κ2) is 44.8. The molecule has 0 aliphatic rings. The number of phenols is 2. The number of carboxylic acid groups (broad SMARTS) is 4. The fraction of sp³-hybridized carbons (Fsp3) is 0.478. The number of carbonyl (C=O) groups excluding carboxylic acids is 12. The number of para-hydroxylation sites is 1. The number of benzene rings is 3. The number of carboxylic acids is 4. The van der Waals surface area contributed by atoms with Crippen LogP contribution in [-0.4, -0.2) is 232 Å². The molecule has 0 unspecified atom stereocenters. The maximum Gasteiger partial charge on any atom is 0.327 e. The Morgan fingerprint density at radius 2 is 0.688 bits per heavy atom. The molecular weight excluding hydrogens is 1510 g/mol. The van der Waals surface area contributed by atoms with Crippen LogP contribution >= 0.6 is 50.5 Å². The second-order valence-corrected chi connectivity index (χ2v) is 27.5. The lowest BCUT2D eigenvalue weighted by Crippen LogP contribution is -2.61. The minimum atomic E-state index is -1.95. The van der Waals surface area contributed by atoms with E-state index in [9.17, 15) is 107 Å². The number of H-pyrrole nitrogens is 1. The minimum Gasteiger partial charge on any atom is -0.508 e. The van der Waals surface area contributed by atoms with Gasteiger partial charge < -0.3 is 105 Å². The Hall–Kier alpha value is -10.3. The van der Waals surface area contributed by atoms with Crippen LogP contribution in [0.1, 0.15) is 89.8 Å². The molecule has 0 saturated carbocycles. The van der Waals surface area contributed by atoms with Gasteiger partial charge in [0.15, 0.2) is 0 Å². The zero-order chi connectivity index (χ0) is 81.5. The van der Waals surface area contributed by atoms with Gasteiger partial charge in [0.1, 0.15) is 84.0 Å². The monoisotopic (exact) mass is 1600 g/mol. The summed E-state index contributed by atoms with van der Waals surface area (Å²) in [7, 11) is 0. The molecule has 40 heteroatoms. The third-order valence-corrected chi connectivity index (χ3v) is 18.3. The van der Waals surface area contributed by atoms with Gasteiger partial charge in [0, 0.05) is 78.6 Å². The van der Waals surface area contributed by atoms with E-state index in [1.54, 1.807) is 52.0 Å². The van der Waals surface area contributed by atoms with E-state index in [4.69, 9.17) is 5.73 Å². The maximum absolute atomic E-state index is 14.9. The molecule has 4 aromatic rings. The Balaban J connectivity index is 1.66. The molecule has 13 atom stereocenters. The van der Waals surface area contributed by atoms with E-state index in [0.29, 0.717) is 27.6 Å². The average Bonchev–Trinajstić information content (AvgIpc) is 1.73. The Morgan fingerprint density at radius 3 is 1.06 bits per heavy atom. The number of nitrogens with one attached hydrogen (secondary N) is 13. The molecule has 0 aliphatic carbocycles. The quantitative estimate of drug-likeness (QED) is 0.0203. The van der Waals surface area contributed by atoms with Crippen molar-refractivity contribution < 1.29 is 107 Å². The van der Waals surface area contributed by atoms with Crippen LogP contribution in [0.5, 0.6) is 11.5 Å². The molecule has 4 rings (SSSR count). The van der Waals surface area contributed by atoms with Gasteiger partial charge in [-0.15, -0.1) is 0 Å². The number of aliphatic carboxylic acids is 4. The molecule has 3 aromatic carbocycles. The highest BCUT2D eigenvalue weighted by atomic mass is 32.1. The van der Waals surface area contributed by atoms with Crippen LogP contribution in [0.2, 0.25) is 0 Å². The van der Waals surface area contributed by atoms with Crippen molar-refractivity contribution in [3.8, 4) is 11.5 Å². The minimum absolute atomic E-state index is 0.0447. The predicted octanol–water partition coefficient (Wildman–Crippen LogP) is -2.52. The standard InChI is InChI=1S/C69H94N14O22S4/c1-32(2)55(82-58(93)41(70)28-106)67(102)72-34(5)57(92)76-46(24-35-10-14-38(84)15-11-35)62(97)80-49(29-107)65(100)75-43(18-21-52(86)87)59(94)73-44(19-22-53(88)89)60(95)78-48(26-37-27-71-42-9-7-6-8-40(37)42)63(98)74-45(20-23-54(90)91)61(96)79-50(30-108)66(101)77-47(25-36-12-16-39(85)17-13-36)64(99)83-56(33(3)4)68(103)81-51(31-109)69(104)105/h6-17,27,32-34,41,43-51,55-56,71,84-85,106-109H,18-26,28-31,70H2,1-5H3,(H,72,102)(H,73,94)(H,74,98)(H,75,100)(H,76,92)(H,77,101)(H,78,95)(H,79,96)(H,80,97)(H,81,103)(H,82,93)(H,83,99)(H,86,87)(H,88,89)(H,90,91)(H,104,105)/t34-,41-,43-,44-,45-,46-,47-,48-,49-,50-,51-,55-,56-/m0/s1. The van der Waals surface area contributed by atoms with Crippen molar-refractivity contribution in [1.29, 1.82) is 0 Å². The molecule has 0 spiro atoms. The van der Waals surface area contributed by atoms with Gasteiger partial charge in [0.2, 0.25) is 70.9 Å². The van der Waals surface area contributed by atoms with Crippen molar-refractivity contribution in [3.05, 3.63) is 95.7 Å². The molecule has 0 aliphatic heterocycles. The third-order valence-electron chi connectivity index (χ3n) is 16.8. The number of aromatic amines is 1. The summed E-state index contributed by atoms with van der Waals surface area (Å²) in [6.07, 6.45) is -4.23. The number of hydrogen-bond donors (Lipinski definition) is 24. The highest BCUT2D eigenvalue weighted by Gasteiger charge is 2.38. The van der Waals surface area contributed by atoms with Gasteiger partial charge in [0.25, 0.3) is 0 Å². The Labute approximate surface area is 647 Å². The first-order valence-corrected chi connectivity index (χ1v) is 36.8. The number of aromatic hydroxyl groups is 2. The molecule has 0 radical (unpaired) electrons. The van der Waals surface area contributed by atoms with Gasteiger partial charge in [0.05, 0.1) is 6.04 Å². The van der Waals surface area contributed by atoms with Crippen LogP contribution in [0.25, 0.3) is 10.9 Å². The van der Waals surface area contributed by atoms with Gasteiger partial charge >= 0.3 is 23.9 Å². The van der Waals surface area contributed by atoms with Gasteiger partial charge in [-0.3, -0.25) is 71.9 Å². The van der Waals surface area contributed by atoms with Crippen molar-refractivity contribution in [2.24, 2.45) is 17.6 Å². The number of carbonyl (C=O) groups is 16. The number of fused-ring (bicyclic) bond motifs is 1. The number of thiol groups is 4. The number of amides is 12. The highest BCUT2D eigenvalue weighted by Crippen LogP contribution is 2.21. The summed E-state index contributed by atoms with van der Waals surface area (Å²) in [6, 6.07) is -3.08. The second-order valence-electron chi connectivity index (χ2n) is 26.0. The van der Waals surface area contributed by atoms with E-state index < -0.39 is 242 Å². The van der Waals surface area contributed by atoms with Crippen molar-refractivity contribution in [2.75, 3.05) is 23.0 Å². The summed E-state index contributed by atoms with van der Waals surface area (Å²) < 4.78 is 0. The topological polar surface area (TPSA) is 581 Å². The summed E-state index contributed by atoms with van der Waals surface area (Å²) in [5.74, 6) is -21.4. The van der Waals surface area contributed by atoms with E-state index >= 15 is 0 Å². The lowest BCUT2D eigenvalue weighted by Gasteiger charge is -2.28. The fourth-order valence-electron chi connectivity index (χ4n) is 10.6. The molecule has 596 valence electrons. The number of rotatable bonds is 46. The summed E-state index contributed by atoms with van der Waals surface area (Å²) in [5, 5.41) is 88.7. The van der Waals surface area contributed by atoms with Gasteiger partial charge in [-0.2, -0.15) is 50.5 Å². The van der Waals surface area contributed by atoms with E-state index in [2.05, 4.69) is 119 Å². The van der Waals surface area contributed by atoms with Gasteiger partial charge in [-0.25, -0.2) is 4.79 Å². The first-order chi connectivity index (χ1) is 51.4. The highest BCUT2D eigenvalue weighted by molar-refractivity contribution is 7.80. The molecular formula is C69H94N14O22S4. The molecule has 0 saturated heterocycles. The first kappa shape index (κ1) is 91.1. The third kappa shape index (κ3) is 30.0.